The first kappa shape index (κ1) is 14.5. The van der Waals surface area contributed by atoms with E-state index in [2.05, 4.69) is 9.69 Å². The fraction of sp³-hybridized carbons (Fsp3) is 0.286. The average Bonchev–Trinajstić information content (AvgIpc) is 2.74. The van der Waals surface area contributed by atoms with Crippen LogP contribution in [0.1, 0.15) is 29.9 Å². The van der Waals surface area contributed by atoms with Crippen molar-refractivity contribution in [2.45, 2.75) is 20.8 Å². The van der Waals surface area contributed by atoms with Crippen LogP contribution in [0.4, 0.5) is 15.1 Å². The molecular formula is C14H15FN2O2S. The summed E-state index contributed by atoms with van der Waals surface area (Å²) in [5.41, 5.74) is 1.78. The molecule has 2 aromatic rings. The lowest BCUT2D eigenvalue weighted by Gasteiger charge is -2.08. The van der Waals surface area contributed by atoms with E-state index in [1.54, 1.807) is 26.0 Å². The predicted molar refractivity (Wildman–Crippen MR) is 77.7 cm³/mol. The Morgan fingerprint density at radius 1 is 1.50 bits per heavy atom. The van der Waals surface area contributed by atoms with Gasteiger partial charge in [0.25, 0.3) is 0 Å². The zero-order valence-electron chi connectivity index (χ0n) is 11.5. The van der Waals surface area contributed by atoms with Gasteiger partial charge in [0.2, 0.25) is 0 Å². The predicted octanol–water partition coefficient (Wildman–Crippen LogP) is 3.94. The Bertz CT molecular complexity index is 640. The number of carbonyl (C=O) groups is 1. The van der Waals surface area contributed by atoms with Crippen LogP contribution in [0.25, 0.3) is 0 Å². The van der Waals surface area contributed by atoms with E-state index in [0.29, 0.717) is 28.6 Å². The maximum atomic E-state index is 13.8. The number of carbonyl (C=O) groups excluding carboxylic acids is 1. The minimum absolute atomic E-state index is 0.0647. The second kappa shape index (κ2) is 6.00. The maximum Gasteiger partial charge on any atom is 0.167 e. The molecule has 1 heterocycles. The molecule has 0 aliphatic rings. The van der Waals surface area contributed by atoms with Crippen LogP contribution < -0.4 is 10.1 Å². The number of nitrogens with one attached hydrogen (secondary N) is 1. The SMILES string of the molecule is CCOc1ccc(Nc2snc(C)c2C(C)=O)cc1F. The largest absolute Gasteiger partial charge is 0.491 e. The van der Waals surface area contributed by atoms with Crippen LogP contribution in [0.3, 0.4) is 0 Å². The summed E-state index contributed by atoms with van der Waals surface area (Å²) in [5.74, 6) is -0.294. The van der Waals surface area contributed by atoms with Gasteiger partial charge in [0.05, 0.1) is 17.9 Å². The van der Waals surface area contributed by atoms with Crippen LogP contribution in [-0.2, 0) is 0 Å². The van der Waals surface area contributed by atoms with E-state index in [0.717, 1.165) is 0 Å². The summed E-state index contributed by atoms with van der Waals surface area (Å²) < 4.78 is 23.0. The highest BCUT2D eigenvalue weighted by Gasteiger charge is 2.15. The molecule has 6 heteroatoms. The standard InChI is InChI=1S/C14H15FN2O2S/c1-4-19-12-6-5-10(7-11(12)15)16-14-13(9(3)18)8(2)17-20-14/h5-7,16H,4H2,1-3H3. The second-order valence-electron chi connectivity index (χ2n) is 4.23. The highest BCUT2D eigenvalue weighted by Crippen LogP contribution is 2.30. The summed E-state index contributed by atoms with van der Waals surface area (Å²) >= 11 is 1.18. The lowest BCUT2D eigenvalue weighted by atomic mass is 10.2. The van der Waals surface area contributed by atoms with Crippen LogP contribution in [0.15, 0.2) is 18.2 Å². The number of nitrogens with zero attached hydrogens (tertiary/aromatic N) is 1. The van der Waals surface area contributed by atoms with Crippen molar-refractivity contribution in [3.05, 3.63) is 35.3 Å². The van der Waals surface area contributed by atoms with E-state index in [-0.39, 0.29) is 11.5 Å². The molecule has 0 fully saturated rings. The first-order valence-electron chi connectivity index (χ1n) is 6.19. The zero-order valence-corrected chi connectivity index (χ0v) is 12.3. The Morgan fingerprint density at radius 2 is 2.25 bits per heavy atom. The Hall–Kier alpha value is -1.95. The molecule has 1 N–H and O–H groups in total. The van der Waals surface area contributed by atoms with Crippen molar-refractivity contribution < 1.29 is 13.9 Å². The van der Waals surface area contributed by atoms with E-state index < -0.39 is 5.82 Å². The highest BCUT2D eigenvalue weighted by molar-refractivity contribution is 7.10. The summed E-state index contributed by atoms with van der Waals surface area (Å²) in [6, 6.07) is 4.60. The van der Waals surface area contributed by atoms with Gasteiger partial charge in [-0.15, -0.1) is 0 Å². The highest BCUT2D eigenvalue weighted by atomic mass is 32.1. The summed E-state index contributed by atoms with van der Waals surface area (Å²) in [7, 11) is 0. The van der Waals surface area contributed by atoms with Crippen molar-refractivity contribution in [3.63, 3.8) is 0 Å². The van der Waals surface area contributed by atoms with Gasteiger partial charge in [-0.05, 0) is 44.4 Å². The molecule has 20 heavy (non-hydrogen) atoms. The number of ketones is 1. The number of aryl methyl sites for hydroxylation is 1. The van der Waals surface area contributed by atoms with Crippen molar-refractivity contribution in [1.82, 2.24) is 4.37 Å². The molecule has 1 aromatic heterocycles. The first-order chi connectivity index (χ1) is 9.52. The third kappa shape index (κ3) is 2.96. The lowest BCUT2D eigenvalue weighted by molar-refractivity contribution is 0.101. The molecule has 0 atom stereocenters. The molecule has 0 saturated carbocycles. The number of rotatable bonds is 5. The Kier molecular flexibility index (Phi) is 4.34. The summed E-state index contributed by atoms with van der Waals surface area (Å²) in [6.45, 7) is 5.47. The van der Waals surface area contributed by atoms with Gasteiger partial charge in [0, 0.05) is 11.8 Å². The fourth-order valence-electron chi connectivity index (χ4n) is 1.85. The van der Waals surface area contributed by atoms with E-state index in [1.807, 2.05) is 0 Å². The van der Waals surface area contributed by atoms with Crippen molar-refractivity contribution >= 4 is 28.0 Å². The molecule has 0 bridgehead atoms. The number of ether oxygens (including phenoxy) is 1. The third-order valence-electron chi connectivity index (χ3n) is 2.70. The third-order valence-corrected chi connectivity index (χ3v) is 3.56. The molecule has 4 nitrogen and oxygen atoms in total. The van der Waals surface area contributed by atoms with Crippen molar-refractivity contribution in [3.8, 4) is 5.75 Å². The van der Waals surface area contributed by atoms with Gasteiger partial charge in [-0.1, -0.05) is 0 Å². The van der Waals surface area contributed by atoms with Gasteiger partial charge in [0.1, 0.15) is 5.00 Å². The van der Waals surface area contributed by atoms with Crippen molar-refractivity contribution in [1.29, 1.82) is 0 Å². The minimum atomic E-state index is -0.442. The normalized spacial score (nSPS) is 10.4. The van der Waals surface area contributed by atoms with Crippen molar-refractivity contribution in [2.24, 2.45) is 0 Å². The van der Waals surface area contributed by atoms with Gasteiger partial charge in [0.15, 0.2) is 17.3 Å². The number of aromatic nitrogens is 1. The zero-order chi connectivity index (χ0) is 14.7. The number of benzene rings is 1. The number of Topliss-reactive ketones (excluding diaryl/α,β-unsaturated/α-hetero) is 1. The number of hydrogen-bond donors (Lipinski definition) is 1. The lowest BCUT2D eigenvalue weighted by Crippen LogP contribution is -2.00. The number of hydrogen-bond acceptors (Lipinski definition) is 5. The van der Waals surface area contributed by atoms with Gasteiger partial charge in [-0.2, -0.15) is 4.37 Å². The number of anilines is 2. The topological polar surface area (TPSA) is 51.2 Å². The molecule has 106 valence electrons. The van der Waals surface area contributed by atoms with Gasteiger partial charge < -0.3 is 10.1 Å². The smallest absolute Gasteiger partial charge is 0.167 e. The molecule has 2 rings (SSSR count). The molecule has 0 aliphatic heterocycles. The van der Waals surface area contributed by atoms with Crippen molar-refractivity contribution in [2.75, 3.05) is 11.9 Å². The monoisotopic (exact) mass is 294 g/mol. The van der Waals surface area contributed by atoms with Crippen LogP contribution in [-0.4, -0.2) is 16.8 Å². The molecule has 0 saturated heterocycles. The fourth-order valence-corrected chi connectivity index (χ4v) is 2.72. The molecular weight excluding hydrogens is 279 g/mol. The summed E-state index contributed by atoms with van der Waals surface area (Å²) in [5, 5.41) is 3.65. The van der Waals surface area contributed by atoms with Crippen LogP contribution in [0.2, 0.25) is 0 Å². The van der Waals surface area contributed by atoms with Crippen LogP contribution in [0, 0.1) is 12.7 Å². The summed E-state index contributed by atoms with van der Waals surface area (Å²) in [4.78, 5) is 11.6. The average molecular weight is 294 g/mol. The van der Waals surface area contributed by atoms with E-state index in [9.17, 15) is 9.18 Å². The molecule has 0 aliphatic carbocycles. The van der Waals surface area contributed by atoms with Crippen LogP contribution in [0.5, 0.6) is 5.75 Å². The number of halogens is 1. The Morgan fingerprint density at radius 3 is 2.85 bits per heavy atom. The van der Waals surface area contributed by atoms with Crippen LogP contribution >= 0.6 is 11.5 Å². The molecule has 0 amide bonds. The molecule has 0 spiro atoms. The minimum Gasteiger partial charge on any atom is -0.491 e. The quantitative estimate of drug-likeness (QED) is 0.849. The molecule has 1 aromatic carbocycles. The van der Waals surface area contributed by atoms with Gasteiger partial charge >= 0.3 is 0 Å². The van der Waals surface area contributed by atoms with Gasteiger partial charge in [-0.25, -0.2) is 4.39 Å². The first-order valence-corrected chi connectivity index (χ1v) is 6.96. The van der Waals surface area contributed by atoms with E-state index >= 15 is 0 Å². The van der Waals surface area contributed by atoms with Gasteiger partial charge in [-0.3, -0.25) is 4.79 Å². The summed E-state index contributed by atoms with van der Waals surface area (Å²) in [6.07, 6.45) is 0. The maximum absolute atomic E-state index is 13.8. The Labute approximate surface area is 120 Å². The Balaban J connectivity index is 2.27. The molecule has 0 radical (unpaired) electrons. The molecule has 0 unspecified atom stereocenters. The second-order valence-corrected chi connectivity index (χ2v) is 5.00. The van der Waals surface area contributed by atoms with E-state index in [4.69, 9.17) is 4.74 Å². The van der Waals surface area contributed by atoms with E-state index in [1.165, 1.54) is 24.5 Å².